The van der Waals surface area contributed by atoms with Gasteiger partial charge in [0.15, 0.2) is 0 Å². The van der Waals surface area contributed by atoms with Gasteiger partial charge in [0.25, 0.3) is 11.8 Å². The molecule has 1 saturated heterocycles. The Morgan fingerprint density at radius 1 is 1.00 bits per heavy atom. The second kappa shape index (κ2) is 10.8. The fraction of sp³-hybridized carbons (Fsp3) is 0.143. The molecule has 188 valence electrons. The molecular weight excluding hydrogens is 474 g/mol. The van der Waals surface area contributed by atoms with Gasteiger partial charge in [-0.1, -0.05) is 23.8 Å². The average Bonchev–Trinajstić information content (AvgIpc) is 2.87. The van der Waals surface area contributed by atoms with Crippen molar-refractivity contribution in [3.05, 3.63) is 89.0 Å². The number of imide groups is 2. The summed E-state index contributed by atoms with van der Waals surface area (Å²) in [5, 5.41) is 4.92. The van der Waals surface area contributed by atoms with Crippen LogP contribution in [0.5, 0.6) is 11.5 Å². The van der Waals surface area contributed by atoms with Gasteiger partial charge in [-0.15, -0.1) is 0 Å². The predicted molar refractivity (Wildman–Crippen MR) is 138 cm³/mol. The number of nitrogens with one attached hydrogen (secondary N) is 2. The van der Waals surface area contributed by atoms with Gasteiger partial charge in [0.05, 0.1) is 12.8 Å². The lowest BCUT2D eigenvalue weighted by Crippen LogP contribution is -2.54. The van der Waals surface area contributed by atoms with Crippen LogP contribution in [0.3, 0.4) is 0 Å². The smallest absolute Gasteiger partial charge is 0.335 e. The van der Waals surface area contributed by atoms with Crippen LogP contribution < -0.4 is 25.0 Å². The van der Waals surface area contributed by atoms with E-state index < -0.39 is 17.8 Å². The second-order valence-corrected chi connectivity index (χ2v) is 8.36. The molecule has 0 saturated carbocycles. The molecule has 5 amide bonds. The molecule has 9 nitrogen and oxygen atoms in total. The fourth-order valence-electron chi connectivity index (χ4n) is 3.75. The Kier molecular flexibility index (Phi) is 7.34. The highest BCUT2D eigenvalue weighted by Crippen LogP contribution is 2.26. The molecule has 37 heavy (non-hydrogen) atoms. The maximum atomic E-state index is 13.1. The number of anilines is 2. The Morgan fingerprint density at radius 3 is 2.35 bits per heavy atom. The van der Waals surface area contributed by atoms with E-state index in [0.29, 0.717) is 34.0 Å². The number of carbonyl (C=O) groups excluding carboxylic acids is 4. The molecule has 0 unspecified atom stereocenters. The van der Waals surface area contributed by atoms with Crippen molar-refractivity contribution in [2.24, 2.45) is 0 Å². The van der Waals surface area contributed by atoms with Gasteiger partial charge in [-0.2, -0.15) is 0 Å². The number of rotatable bonds is 7. The molecular formula is C28H25N3O6. The molecule has 0 aliphatic carbocycles. The number of nitrogens with zero attached hydrogens (tertiary/aromatic N) is 1. The Labute approximate surface area is 213 Å². The van der Waals surface area contributed by atoms with Crippen LogP contribution in [0, 0.1) is 6.92 Å². The van der Waals surface area contributed by atoms with E-state index in [1.807, 2.05) is 6.92 Å². The molecule has 0 aromatic heterocycles. The van der Waals surface area contributed by atoms with E-state index in [2.05, 4.69) is 10.6 Å². The van der Waals surface area contributed by atoms with Gasteiger partial charge >= 0.3 is 6.03 Å². The summed E-state index contributed by atoms with van der Waals surface area (Å²) in [5.41, 5.74) is 3.04. The van der Waals surface area contributed by atoms with Crippen LogP contribution in [-0.4, -0.2) is 30.9 Å². The first-order chi connectivity index (χ1) is 17.7. The number of ether oxygens (including phenoxy) is 2. The molecule has 3 aromatic rings. The van der Waals surface area contributed by atoms with Crippen molar-refractivity contribution in [2.45, 2.75) is 20.5 Å². The Morgan fingerprint density at radius 2 is 1.70 bits per heavy atom. The van der Waals surface area contributed by atoms with E-state index in [0.717, 1.165) is 10.5 Å². The average molecular weight is 500 g/mol. The number of barbiturate groups is 1. The van der Waals surface area contributed by atoms with Gasteiger partial charge in [-0.3, -0.25) is 19.7 Å². The second-order valence-electron chi connectivity index (χ2n) is 8.36. The van der Waals surface area contributed by atoms with Gasteiger partial charge in [0, 0.05) is 18.2 Å². The first-order valence-corrected chi connectivity index (χ1v) is 11.4. The summed E-state index contributed by atoms with van der Waals surface area (Å²) < 4.78 is 11.3. The van der Waals surface area contributed by atoms with Gasteiger partial charge in [0.1, 0.15) is 23.7 Å². The number of methoxy groups -OCH3 is 1. The van der Waals surface area contributed by atoms with Crippen LogP contribution in [0.4, 0.5) is 16.2 Å². The molecule has 0 atom stereocenters. The Balaban J connectivity index is 1.57. The standard InChI is InChI=1S/C28H25N3O6/c1-17-4-9-22(10-5-17)31-27(34)24(26(33)30-28(31)35)15-19-6-13-25(36-3)20(14-19)16-37-23-11-7-21(8-12-23)29-18(2)32/h4-15H,16H2,1-3H3,(H,29,32)(H,30,33,35)/b24-15-. The van der Waals surface area contributed by atoms with Gasteiger partial charge in [0.2, 0.25) is 5.91 Å². The summed E-state index contributed by atoms with van der Waals surface area (Å²) in [6.07, 6.45) is 1.43. The van der Waals surface area contributed by atoms with E-state index in [1.54, 1.807) is 66.7 Å². The molecule has 0 spiro atoms. The summed E-state index contributed by atoms with van der Waals surface area (Å²) in [6.45, 7) is 3.47. The zero-order valence-electron chi connectivity index (χ0n) is 20.5. The summed E-state index contributed by atoms with van der Waals surface area (Å²) >= 11 is 0. The van der Waals surface area contributed by atoms with E-state index in [-0.39, 0.29) is 18.1 Å². The third kappa shape index (κ3) is 5.84. The van der Waals surface area contributed by atoms with Crippen LogP contribution in [0.2, 0.25) is 0 Å². The fourth-order valence-corrected chi connectivity index (χ4v) is 3.75. The summed E-state index contributed by atoms with van der Waals surface area (Å²) in [4.78, 5) is 50.2. The molecule has 0 bridgehead atoms. The number of hydrogen-bond donors (Lipinski definition) is 2. The van der Waals surface area contributed by atoms with Crippen molar-refractivity contribution in [2.75, 3.05) is 17.3 Å². The minimum atomic E-state index is -0.802. The highest BCUT2D eigenvalue weighted by atomic mass is 16.5. The van der Waals surface area contributed by atoms with Gasteiger partial charge in [-0.25, -0.2) is 9.69 Å². The largest absolute Gasteiger partial charge is 0.496 e. The SMILES string of the molecule is COc1ccc(/C=C2/C(=O)NC(=O)N(c3ccc(C)cc3)C2=O)cc1COc1ccc(NC(C)=O)cc1. The number of hydrogen-bond acceptors (Lipinski definition) is 6. The molecule has 9 heteroatoms. The quantitative estimate of drug-likeness (QED) is 0.372. The number of carbonyl (C=O) groups is 4. The Bertz CT molecular complexity index is 1390. The topological polar surface area (TPSA) is 114 Å². The molecule has 2 N–H and O–H groups in total. The van der Waals surface area contributed by atoms with Gasteiger partial charge < -0.3 is 14.8 Å². The lowest BCUT2D eigenvalue weighted by atomic mass is 10.0. The number of urea groups is 1. The lowest BCUT2D eigenvalue weighted by Gasteiger charge is -2.26. The van der Waals surface area contributed by atoms with Crippen molar-refractivity contribution in [1.29, 1.82) is 0 Å². The van der Waals surface area contributed by atoms with Crippen LogP contribution in [0.15, 0.2) is 72.3 Å². The first-order valence-electron chi connectivity index (χ1n) is 11.4. The number of aryl methyl sites for hydroxylation is 1. The Hall–Kier alpha value is -4.92. The molecule has 4 rings (SSSR count). The van der Waals surface area contributed by atoms with Gasteiger partial charge in [-0.05, 0) is 67.1 Å². The van der Waals surface area contributed by atoms with Crippen molar-refractivity contribution < 1.29 is 28.7 Å². The normalized spacial score (nSPS) is 14.4. The molecule has 0 radical (unpaired) electrons. The van der Waals surface area contributed by atoms with E-state index >= 15 is 0 Å². The van der Waals surface area contributed by atoms with E-state index in [9.17, 15) is 19.2 Å². The minimum Gasteiger partial charge on any atom is -0.496 e. The molecule has 1 fully saturated rings. The number of benzene rings is 3. The summed E-state index contributed by atoms with van der Waals surface area (Å²) in [5.74, 6) is -0.514. The zero-order chi connectivity index (χ0) is 26.5. The predicted octanol–water partition coefficient (Wildman–Crippen LogP) is 4.21. The third-order valence-corrected chi connectivity index (χ3v) is 5.58. The van der Waals surface area contributed by atoms with Crippen LogP contribution in [0.25, 0.3) is 6.08 Å². The van der Waals surface area contributed by atoms with Crippen molar-refractivity contribution in [3.8, 4) is 11.5 Å². The summed E-state index contributed by atoms with van der Waals surface area (Å²) in [6, 6.07) is 18.1. The van der Waals surface area contributed by atoms with Crippen LogP contribution >= 0.6 is 0 Å². The zero-order valence-corrected chi connectivity index (χ0v) is 20.5. The van der Waals surface area contributed by atoms with E-state index in [4.69, 9.17) is 9.47 Å². The lowest BCUT2D eigenvalue weighted by molar-refractivity contribution is -0.122. The monoisotopic (exact) mass is 499 g/mol. The maximum absolute atomic E-state index is 13.1. The highest BCUT2D eigenvalue weighted by molar-refractivity contribution is 6.39. The van der Waals surface area contributed by atoms with Crippen LogP contribution in [0.1, 0.15) is 23.6 Å². The third-order valence-electron chi connectivity index (χ3n) is 5.58. The summed E-state index contributed by atoms with van der Waals surface area (Å²) in [7, 11) is 1.53. The molecule has 1 heterocycles. The highest BCUT2D eigenvalue weighted by Gasteiger charge is 2.36. The van der Waals surface area contributed by atoms with Crippen molar-refractivity contribution >= 4 is 41.2 Å². The van der Waals surface area contributed by atoms with E-state index in [1.165, 1.54) is 20.1 Å². The first kappa shape index (κ1) is 25.2. The number of amides is 5. The molecule has 1 aliphatic rings. The molecule has 1 aliphatic heterocycles. The van der Waals surface area contributed by atoms with Crippen LogP contribution in [-0.2, 0) is 21.0 Å². The maximum Gasteiger partial charge on any atom is 0.335 e. The minimum absolute atomic E-state index is 0.147. The van der Waals surface area contributed by atoms with Crippen molar-refractivity contribution in [1.82, 2.24) is 5.32 Å². The molecule has 3 aromatic carbocycles. The van der Waals surface area contributed by atoms with Crippen molar-refractivity contribution in [3.63, 3.8) is 0 Å².